The van der Waals surface area contributed by atoms with Gasteiger partial charge in [0.2, 0.25) is 0 Å². The van der Waals surface area contributed by atoms with E-state index in [1.54, 1.807) is 6.07 Å². The molecule has 1 atom stereocenters. The van der Waals surface area contributed by atoms with Crippen molar-refractivity contribution in [3.63, 3.8) is 0 Å². The van der Waals surface area contributed by atoms with Crippen LogP contribution in [-0.2, 0) is 0 Å². The van der Waals surface area contributed by atoms with Gasteiger partial charge in [-0.3, -0.25) is 0 Å². The van der Waals surface area contributed by atoms with Crippen LogP contribution >= 0.6 is 38.9 Å². The molecular weight excluding hydrogens is 387 g/mol. The lowest BCUT2D eigenvalue weighted by molar-refractivity contribution is 0.489. The molecule has 1 N–H and O–H groups in total. The summed E-state index contributed by atoms with van der Waals surface area (Å²) in [4.78, 5) is 0.657. The first-order chi connectivity index (χ1) is 9.93. The lowest BCUT2D eigenvalue weighted by atomic mass is 10.0. The highest BCUT2D eigenvalue weighted by Gasteiger charge is 2.25. The first-order valence-corrected chi connectivity index (χ1v) is 8.25. The Morgan fingerprint density at radius 1 is 1.24 bits per heavy atom. The molecule has 0 spiro atoms. The van der Waals surface area contributed by atoms with Crippen molar-refractivity contribution in [2.75, 3.05) is 6.54 Å². The number of thiophene rings is 1. The average Bonchev–Trinajstić information content (AvgIpc) is 2.72. The molecule has 1 heterocycles. The summed E-state index contributed by atoms with van der Waals surface area (Å²) in [6.07, 6.45) is 0.793. The molecule has 1 aromatic carbocycles. The molecular formula is C14H12BrClF3NS. The second kappa shape index (κ2) is 7.13. The topological polar surface area (TPSA) is 12.0 Å². The smallest absolute Gasteiger partial charge is 0.134 e. The predicted molar refractivity (Wildman–Crippen MR) is 83.5 cm³/mol. The molecule has 0 radical (unpaired) electrons. The van der Waals surface area contributed by atoms with Crippen molar-refractivity contribution in [3.05, 3.63) is 54.9 Å². The summed E-state index contributed by atoms with van der Waals surface area (Å²) in [5.74, 6) is -2.77. The molecule has 114 valence electrons. The number of hydrogen-bond donors (Lipinski definition) is 1. The predicted octanol–water partition coefficient (Wildman–Crippen LogP) is 5.67. The molecule has 1 aromatic heterocycles. The zero-order valence-electron chi connectivity index (χ0n) is 11.0. The average molecular weight is 399 g/mol. The quantitative estimate of drug-likeness (QED) is 0.684. The number of halogens is 5. The Balaban J connectivity index is 2.50. The van der Waals surface area contributed by atoms with Gasteiger partial charge >= 0.3 is 0 Å². The molecule has 0 saturated heterocycles. The van der Waals surface area contributed by atoms with Crippen molar-refractivity contribution in [2.45, 2.75) is 19.4 Å². The van der Waals surface area contributed by atoms with E-state index in [1.165, 1.54) is 11.3 Å². The number of benzene rings is 1. The highest BCUT2D eigenvalue weighted by atomic mass is 79.9. The summed E-state index contributed by atoms with van der Waals surface area (Å²) in [5, 5.41) is 3.07. The third-order valence-corrected chi connectivity index (χ3v) is 5.42. The highest BCUT2D eigenvalue weighted by Crippen LogP contribution is 2.38. The van der Waals surface area contributed by atoms with E-state index in [0.717, 1.165) is 6.42 Å². The van der Waals surface area contributed by atoms with E-state index in [0.29, 0.717) is 32.4 Å². The summed E-state index contributed by atoms with van der Waals surface area (Å²) in [5.41, 5.74) is -0.199. The van der Waals surface area contributed by atoms with Crippen molar-refractivity contribution in [1.82, 2.24) is 5.32 Å². The lowest BCUT2D eigenvalue weighted by Crippen LogP contribution is -2.24. The maximum Gasteiger partial charge on any atom is 0.134 e. The van der Waals surface area contributed by atoms with Crippen molar-refractivity contribution in [2.24, 2.45) is 0 Å². The maximum atomic E-state index is 14.0. The largest absolute Gasteiger partial charge is 0.305 e. The fourth-order valence-electron chi connectivity index (χ4n) is 1.97. The van der Waals surface area contributed by atoms with Crippen LogP contribution in [0, 0.1) is 17.5 Å². The van der Waals surface area contributed by atoms with Gasteiger partial charge in [-0.1, -0.05) is 18.5 Å². The zero-order valence-corrected chi connectivity index (χ0v) is 14.2. The van der Waals surface area contributed by atoms with Gasteiger partial charge in [0.25, 0.3) is 0 Å². The van der Waals surface area contributed by atoms with Crippen LogP contribution in [0.4, 0.5) is 13.2 Å². The van der Waals surface area contributed by atoms with E-state index in [4.69, 9.17) is 11.6 Å². The van der Waals surface area contributed by atoms with E-state index in [9.17, 15) is 13.2 Å². The second-order valence-electron chi connectivity index (χ2n) is 4.44. The summed E-state index contributed by atoms with van der Waals surface area (Å²) in [6, 6.07) is 2.37. The molecule has 0 bridgehead atoms. The van der Waals surface area contributed by atoms with Gasteiger partial charge in [-0.2, -0.15) is 0 Å². The van der Waals surface area contributed by atoms with E-state index >= 15 is 0 Å². The Hall–Kier alpha value is -0.560. The van der Waals surface area contributed by atoms with Gasteiger partial charge < -0.3 is 5.32 Å². The number of rotatable bonds is 5. The van der Waals surface area contributed by atoms with Crippen LogP contribution in [0.5, 0.6) is 0 Å². The number of hydrogen-bond acceptors (Lipinski definition) is 2. The third-order valence-electron chi connectivity index (χ3n) is 2.88. The van der Waals surface area contributed by atoms with Crippen LogP contribution in [0.2, 0.25) is 4.34 Å². The van der Waals surface area contributed by atoms with E-state index in [2.05, 4.69) is 21.2 Å². The van der Waals surface area contributed by atoms with Crippen molar-refractivity contribution >= 4 is 38.9 Å². The zero-order chi connectivity index (χ0) is 15.6. The first-order valence-electron chi connectivity index (χ1n) is 6.26. The Bertz CT molecular complexity index is 605. The van der Waals surface area contributed by atoms with E-state index < -0.39 is 23.5 Å². The summed E-state index contributed by atoms with van der Waals surface area (Å²) < 4.78 is 42.3. The summed E-state index contributed by atoms with van der Waals surface area (Å²) in [6.45, 7) is 2.51. The third kappa shape index (κ3) is 3.80. The van der Waals surface area contributed by atoms with Crippen LogP contribution in [0.3, 0.4) is 0 Å². The van der Waals surface area contributed by atoms with Gasteiger partial charge in [0.05, 0.1) is 6.04 Å². The molecule has 21 heavy (non-hydrogen) atoms. The molecule has 0 aliphatic carbocycles. The number of nitrogens with one attached hydrogen (secondary N) is 1. The minimum absolute atomic E-state index is 0.199. The van der Waals surface area contributed by atoms with Crippen molar-refractivity contribution in [1.29, 1.82) is 0 Å². The molecule has 1 nitrogen and oxygen atoms in total. The van der Waals surface area contributed by atoms with Gasteiger partial charge in [-0.15, -0.1) is 11.3 Å². The fourth-order valence-corrected chi connectivity index (χ4v) is 3.79. The Kier molecular flexibility index (Phi) is 5.71. The maximum absolute atomic E-state index is 14.0. The van der Waals surface area contributed by atoms with Gasteiger partial charge in [0.15, 0.2) is 0 Å². The molecule has 0 aliphatic heterocycles. The van der Waals surface area contributed by atoms with Crippen LogP contribution in [0.15, 0.2) is 22.7 Å². The first kappa shape index (κ1) is 16.8. The lowest BCUT2D eigenvalue weighted by Gasteiger charge is -2.19. The van der Waals surface area contributed by atoms with Crippen LogP contribution in [0.25, 0.3) is 0 Å². The molecule has 0 saturated carbocycles. The van der Waals surface area contributed by atoms with E-state index in [-0.39, 0.29) is 5.56 Å². The molecule has 0 amide bonds. The minimum Gasteiger partial charge on any atom is -0.305 e. The summed E-state index contributed by atoms with van der Waals surface area (Å²) in [7, 11) is 0. The van der Waals surface area contributed by atoms with Crippen LogP contribution < -0.4 is 5.32 Å². The minimum atomic E-state index is -0.937. The molecule has 1 unspecified atom stereocenters. The standard InChI is InChI=1S/C14H12BrClF3NS/c1-2-3-20-13(11-6-8(15)14(16)21-11)12-9(18)4-7(17)5-10(12)19/h4-6,13,20H,2-3H2,1H3. The van der Waals surface area contributed by atoms with Crippen LogP contribution in [0.1, 0.15) is 29.8 Å². The van der Waals surface area contributed by atoms with Crippen molar-refractivity contribution < 1.29 is 13.2 Å². The Morgan fingerprint density at radius 3 is 2.33 bits per heavy atom. The van der Waals surface area contributed by atoms with Gasteiger partial charge in [-0.05, 0) is 35.0 Å². The Labute approximate surface area is 138 Å². The fraction of sp³-hybridized carbons (Fsp3) is 0.286. The van der Waals surface area contributed by atoms with Gasteiger partial charge in [0, 0.05) is 27.0 Å². The molecule has 0 aliphatic rings. The monoisotopic (exact) mass is 397 g/mol. The van der Waals surface area contributed by atoms with Crippen molar-refractivity contribution in [3.8, 4) is 0 Å². The SMILES string of the molecule is CCCNC(c1cc(Br)c(Cl)s1)c1c(F)cc(F)cc1F. The van der Waals surface area contributed by atoms with Gasteiger partial charge in [-0.25, -0.2) is 13.2 Å². The van der Waals surface area contributed by atoms with Crippen LogP contribution in [-0.4, -0.2) is 6.54 Å². The molecule has 2 rings (SSSR count). The Morgan fingerprint density at radius 2 is 1.86 bits per heavy atom. The molecule has 2 aromatic rings. The highest BCUT2D eigenvalue weighted by molar-refractivity contribution is 9.10. The van der Waals surface area contributed by atoms with E-state index in [1.807, 2.05) is 6.92 Å². The normalized spacial score (nSPS) is 12.7. The van der Waals surface area contributed by atoms with Gasteiger partial charge in [0.1, 0.15) is 21.8 Å². The summed E-state index contributed by atoms with van der Waals surface area (Å²) >= 11 is 10.5. The second-order valence-corrected chi connectivity index (χ2v) is 6.98. The molecule has 0 fully saturated rings. The molecule has 7 heteroatoms.